The smallest absolute Gasteiger partial charge is 0.272 e. The third-order valence-electron chi connectivity index (χ3n) is 5.10. The summed E-state index contributed by atoms with van der Waals surface area (Å²) in [5.41, 5.74) is 2.80. The van der Waals surface area contributed by atoms with Crippen molar-refractivity contribution in [3.8, 4) is 5.75 Å². The van der Waals surface area contributed by atoms with Crippen LogP contribution in [0.1, 0.15) is 24.3 Å². The number of hydrogen-bond acceptors (Lipinski definition) is 5. The number of benzene rings is 1. The molecule has 1 aromatic heterocycles. The Kier molecular flexibility index (Phi) is 6.16. The first-order chi connectivity index (χ1) is 13.2. The van der Waals surface area contributed by atoms with Gasteiger partial charge in [0.05, 0.1) is 7.11 Å². The Morgan fingerprint density at radius 1 is 1.00 bits per heavy atom. The van der Waals surface area contributed by atoms with E-state index in [0.717, 1.165) is 37.6 Å². The van der Waals surface area contributed by atoms with Gasteiger partial charge in [0.25, 0.3) is 5.91 Å². The Morgan fingerprint density at radius 3 is 2.15 bits per heavy atom. The molecule has 1 aliphatic heterocycles. The van der Waals surface area contributed by atoms with E-state index in [1.165, 1.54) is 5.69 Å². The number of carbonyl (C=O) groups is 1. The summed E-state index contributed by atoms with van der Waals surface area (Å²) in [7, 11) is 1.68. The number of rotatable bonds is 6. The fourth-order valence-corrected chi connectivity index (χ4v) is 3.42. The van der Waals surface area contributed by atoms with Crippen molar-refractivity contribution in [2.75, 3.05) is 56.2 Å². The first-order valence-electron chi connectivity index (χ1n) is 9.55. The van der Waals surface area contributed by atoms with Crippen molar-refractivity contribution in [3.05, 3.63) is 48.3 Å². The van der Waals surface area contributed by atoms with Crippen LogP contribution >= 0.6 is 0 Å². The van der Waals surface area contributed by atoms with Crippen LogP contribution in [0.3, 0.4) is 0 Å². The number of methoxy groups -OCH3 is 1. The fourth-order valence-electron chi connectivity index (χ4n) is 3.42. The van der Waals surface area contributed by atoms with Crippen LogP contribution in [0, 0.1) is 0 Å². The maximum absolute atomic E-state index is 12.6. The van der Waals surface area contributed by atoms with Gasteiger partial charge in [-0.05, 0) is 50.2 Å². The maximum atomic E-state index is 12.6. The Balaban J connectivity index is 1.65. The van der Waals surface area contributed by atoms with Crippen LogP contribution in [0.2, 0.25) is 0 Å². The van der Waals surface area contributed by atoms with Crippen molar-refractivity contribution in [2.24, 2.45) is 0 Å². The van der Waals surface area contributed by atoms with Crippen LogP contribution in [-0.4, -0.2) is 62.2 Å². The number of anilines is 2. The molecule has 0 saturated carbocycles. The Morgan fingerprint density at radius 2 is 1.59 bits per heavy atom. The quantitative estimate of drug-likeness (QED) is 0.785. The molecule has 0 unspecified atom stereocenters. The van der Waals surface area contributed by atoms with E-state index in [1.807, 2.05) is 38.1 Å². The highest BCUT2D eigenvalue weighted by Crippen LogP contribution is 2.23. The third kappa shape index (κ3) is 4.32. The predicted octanol–water partition coefficient (Wildman–Crippen LogP) is 2.90. The minimum atomic E-state index is -0.00119. The molecule has 1 aromatic carbocycles. The molecule has 1 fully saturated rings. The molecule has 0 spiro atoms. The van der Waals surface area contributed by atoms with Crippen LogP contribution < -0.4 is 14.5 Å². The molecule has 1 aliphatic rings. The van der Waals surface area contributed by atoms with Crippen LogP contribution in [0.4, 0.5) is 11.4 Å². The molecule has 6 nitrogen and oxygen atoms in total. The fraction of sp³-hybridized carbons (Fsp3) is 0.429. The van der Waals surface area contributed by atoms with Crippen LogP contribution in [0.5, 0.6) is 5.75 Å². The molecule has 0 N–H and O–H groups in total. The molecule has 0 bridgehead atoms. The second kappa shape index (κ2) is 8.75. The minimum Gasteiger partial charge on any atom is -0.497 e. The zero-order valence-corrected chi connectivity index (χ0v) is 16.4. The van der Waals surface area contributed by atoms with Gasteiger partial charge in [0.15, 0.2) is 0 Å². The van der Waals surface area contributed by atoms with Gasteiger partial charge in [0, 0.05) is 56.8 Å². The average Bonchev–Trinajstić information content (AvgIpc) is 2.75. The first-order valence-corrected chi connectivity index (χ1v) is 9.55. The number of nitrogens with zero attached hydrogens (tertiary/aromatic N) is 4. The molecular formula is C21H28N4O2. The lowest BCUT2D eigenvalue weighted by Crippen LogP contribution is -2.46. The number of hydrogen-bond donors (Lipinski definition) is 0. The van der Waals surface area contributed by atoms with Crippen LogP contribution in [-0.2, 0) is 0 Å². The topological polar surface area (TPSA) is 48.9 Å². The number of amides is 1. The summed E-state index contributed by atoms with van der Waals surface area (Å²) in [6.45, 7) is 9.07. The van der Waals surface area contributed by atoms with E-state index in [-0.39, 0.29) is 5.91 Å². The molecule has 6 heteroatoms. The van der Waals surface area contributed by atoms with E-state index in [2.05, 4.69) is 26.9 Å². The second-order valence-electron chi connectivity index (χ2n) is 6.55. The zero-order chi connectivity index (χ0) is 19.2. The van der Waals surface area contributed by atoms with E-state index in [4.69, 9.17) is 4.74 Å². The van der Waals surface area contributed by atoms with Crippen molar-refractivity contribution in [1.82, 2.24) is 9.88 Å². The van der Waals surface area contributed by atoms with E-state index in [1.54, 1.807) is 18.2 Å². The summed E-state index contributed by atoms with van der Waals surface area (Å²) >= 11 is 0. The van der Waals surface area contributed by atoms with E-state index < -0.39 is 0 Å². The molecule has 0 radical (unpaired) electrons. The number of pyridine rings is 1. The van der Waals surface area contributed by atoms with Crippen molar-refractivity contribution in [2.45, 2.75) is 13.8 Å². The second-order valence-corrected chi connectivity index (χ2v) is 6.55. The molecule has 2 aromatic rings. The van der Waals surface area contributed by atoms with Gasteiger partial charge in [0.1, 0.15) is 11.4 Å². The highest BCUT2D eigenvalue weighted by molar-refractivity contribution is 5.93. The van der Waals surface area contributed by atoms with Gasteiger partial charge in [-0.25, -0.2) is 0 Å². The van der Waals surface area contributed by atoms with Gasteiger partial charge in [-0.2, -0.15) is 0 Å². The lowest BCUT2D eigenvalue weighted by molar-refractivity contribution is 0.0767. The number of piperazine rings is 1. The first kappa shape index (κ1) is 19.0. The van der Waals surface area contributed by atoms with Crippen molar-refractivity contribution >= 4 is 17.3 Å². The average molecular weight is 368 g/mol. The number of ether oxygens (including phenoxy) is 1. The highest BCUT2D eigenvalue weighted by Gasteiger charge is 2.20. The molecule has 0 atom stereocenters. The van der Waals surface area contributed by atoms with Gasteiger partial charge in [0.2, 0.25) is 0 Å². The largest absolute Gasteiger partial charge is 0.497 e. The summed E-state index contributed by atoms with van der Waals surface area (Å²) in [6.07, 6.45) is 1.74. The van der Waals surface area contributed by atoms with E-state index >= 15 is 0 Å². The maximum Gasteiger partial charge on any atom is 0.272 e. The molecular weight excluding hydrogens is 340 g/mol. The molecule has 3 rings (SSSR count). The molecule has 1 saturated heterocycles. The van der Waals surface area contributed by atoms with E-state index in [0.29, 0.717) is 18.8 Å². The predicted molar refractivity (Wildman–Crippen MR) is 109 cm³/mol. The van der Waals surface area contributed by atoms with Gasteiger partial charge in [-0.3, -0.25) is 9.78 Å². The highest BCUT2D eigenvalue weighted by atomic mass is 16.5. The molecule has 2 heterocycles. The summed E-state index contributed by atoms with van der Waals surface area (Å²) in [4.78, 5) is 23.3. The van der Waals surface area contributed by atoms with Crippen LogP contribution in [0.25, 0.3) is 0 Å². The van der Waals surface area contributed by atoms with Gasteiger partial charge in [-0.1, -0.05) is 0 Å². The summed E-state index contributed by atoms with van der Waals surface area (Å²) < 4.78 is 5.23. The Hall–Kier alpha value is -2.76. The van der Waals surface area contributed by atoms with Gasteiger partial charge >= 0.3 is 0 Å². The monoisotopic (exact) mass is 368 g/mol. The normalized spacial score (nSPS) is 14.2. The molecule has 27 heavy (non-hydrogen) atoms. The summed E-state index contributed by atoms with van der Waals surface area (Å²) in [5.74, 6) is 0.873. The standard InChI is InChI=1S/C21H28N4O2/c1-4-23(5-2)21(26)20-16-18(10-11-22-20)25-14-12-24(13-15-25)17-6-8-19(27-3)9-7-17/h6-11,16H,4-5,12-15H2,1-3H3. The SMILES string of the molecule is CCN(CC)C(=O)c1cc(N2CCN(c3ccc(OC)cc3)CC2)ccn1. The molecule has 0 aliphatic carbocycles. The molecule has 144 valence electrons. The van der Waals surface area contributed by atoms with Crippen LogP contribution in [0.15, 0.2) is 42.6 Å². The summed E-state index contributed by atoms with van der Waals surface area (Å²) in [5, 5.41) is 0. The van der Waals surface area contributed by atoms with Gasteiger partial charge < -0.3 is 19.4 Å². The number of aromatic nitrogens is 1. The van der Waals surface area contributed by atoms with Gasteiger partial charge in [-0.15, -0.1) is 0 Å². The van der Waals surface area contributed by atoms with Crippen molar-refractivity contribution in [3.63, 3.8) is 0 Å². The lowest BCUT2D eigenvalue weighted by Gasteiger charge is -2.37. The Bertz CT molecular complexity index is 751. The van der Waals surface area contributed by atoms with Crippen molar-refractivity contribution < 1.29 is 9.53 Å². The zero-order valence-electron chi connectivity index (χ0n) is 16.4. The minimum absolute atomic E-state index is 0.00119. The number of carbonyl (C=O) groups excluding carboxylic acids is 1. The summed E-state index contributed by atoms with van der Waals surface area (Å²) in [6, 6.07) is 12.1. The van der Waals surface area contributed by atoms with E-state index in [9.17, 15) is 4.79 Å². The third-order valence-corrected chi connectivity index (χ3v) is 5.10. The van der Waals surface area contributed by atoms with Crippen molar-refractivity contribution in [1.29, 1.82) is 0 Å². The Labute approximate surface area is 161 Å². The molecule has 1 amide bonds. The lowest BCUT2D eigenvalue weighted by atomic mass is 10.2.